The quantitative estimate of drug-likeness (QED) is 0.822. The predicted octanol–water partition coefficient (Wildman–Crippen LogP) is 2.27. The van der Waals surface area contributed by atoms with Crippen LogP contribution in [0.15, 0.2) is 0 Å². The van der Waals surface area contributed by atoms with E-state index in [1.165, 1.54) is 38.5 Å². The zero-order chi connectivity index (χ0) is 11.8. The van der Waals surface area contributed by atoms with E-state index < -0.39 is 0 Å². The van der Waals surface area contributed by atoms with Gasteiger partial charge in [-0.1, -0.05) is 12.8 Å². The maximum atomic E-state index is 9.60. The molecule has 2 aliphatic heterocycles. The number of hydrogen-bond donors (Lipinski definition) is 1. The Labute approximate surface area is 103 Å². The first-order valence-corrected chi connectivity index (χ1v) is 7.12. The van der Waals surface area contributed by atoms with Crippen LogP contribution in [-0.4, -0.2) is 36.6 Å². The van der Waals surface area contributed by atoms with Crippen molar-refractivity contribution in [3.05, 3.63) is 0 Å². The Hall–Kier alpha value is -0.120. The van der Waals surface area contributed by atoms with Gasteiger partial charge in [0.25, 0.3) is 0 Å². The lowest BCUT2D eigenvalue weighted by molar-refractivity contribution is -0.0607. The summed E-state index contributed by atoms with van der Waals surface area (Å²) in [6.07, 6.45) is 9.95. The van der Waals surface area contributed by atoms with Crippen molar-refractivity contribution < 1.29 is 14.6 Å². The number of ether oxygens (including phenoxy) is 2. The summed E-state index contributed by atoms with van der Waals surface area (Å²) in [4.78, 5) is 0. The minimum atomic E-state index is -0.00516. The average molecular weight is 240 g/mol. The minimum Gasteiger partial charge on any atom is -0.396 e. The van der Waals surface area contributed by atoms with Gasteiger partial charge in [-0.3, -0.25) is 0 Å². The van der Waals surface area contributed by atoms with E-state index in [1.807, 2.05) is 0 Å². The van der Waals surface area contributed by atoms with E-state index in [0.717, 1.165) is 26.1 Å². The van der Waals surface area contributed by atoms with Crippen molar-refractivity contribution in [2.75, 3.05) is 19.8 Å². The summed E-state index contributed by atoms with van der Waals surface area (Å²) in [6.45, 7) is 1.77. The maximum Gasteiger partial charge on any atom is 0.0687 e. The van der Waals surface area contributed by atoms with Gasteiger partial charge in [0, 0.05) is 12.0 Å². The van der Waals surface area contributed by atoms with Crippen molar-refractivity contribution in [1.29, 1.82) is 0 Å². The molecule has 0 bridgehead atoms. The third-order valence-electron chi connectivity index (χ3n) is 5.03. The molecule has 0 aromatic carbocycles. The molecule has 2 atom stereocenters. The fourth-order valence-corrected chi connectivity index (χ4v) is 3.91. The topological polar surface area (TPSA) is 38.7 Å². The van der Waals surface area contributed by atoms with Crippen LogP contribution < -0.4 is 0 Å². The highest BCUT2D eigenvalue weighted by Crippen LogP contribution is 2.46. The molecule has 3 fully saturated rings. The Morgan fingerprint density at radius 2 is 1.94 bits per heavy atom. The molecule has 98 valence electrons. The molecule has 0 radical (unpaired) electrons. The van der Waals surface area contributed by atoms with E-state index in [-0.39, 0.29) is 17.6 Å². The van der Waals surface area contributed by atoms with Crippen LogP contribution >= 0.6 is 0 Å². The first-order valence-electron chi connectivity index (χ1n) is 7.12. The van der Waals surface area contributed by atoms with Crippen molar-refractivity contribution in [1.82, 2.24) is 0 Å². The fraction of sp³-hybridized carbons (Fsp3) is 1.00. The summed E-state index contributed by atoms with van der Waals surface area (Å²) < 4.78 is 11.8. The van der Waals surface area contributed by atoms with Crippen LogP contribution in [0.1, 0.15) is 51.4 Å². The van der Waals surface area contributed by atoms with Gasteiger partial charge < -0.3 is 14.6 Å². The minimum absolute atomic E-state index is 0.00516. The molecule has 1 spiro atoms. The summed E-state index contributed by atoms with van der Waals surface area (Å²) in [5, 5.41) is 9.60. The monoisotopic (exact) mass is 240 g/mol. The van der Waals surface area contributed by atoms with Crippen LogP contribution in [0.4, 0.5) is 0 Å². The average Bonchev–Trinajstić information content (AvgIpc) is 3.04. The first-order chi connectivity index (χ1) is 8.26. The summed E-state index contributed by atoms with van der Waals surface area (Å²) in [7, 11) is 0. The number of aliphatic hydroxyl groups excluding tert-OH is 1. The Morgan fingerprint density at radius 1 is 1.12 bits per heavy atom. The molecule has 0 amide bonds. The predicted molar refractivity (Wildman–Crippen MR) is 64.9 cm³/mol. The van der Waals surface area contributed by atoms with E-state index >= 15 is 0 Å². The third-order valence-corrected chi connectivity index (χ3v) is 5.03. The molecule has 0 aromatic rings. The number of rotatable bonds is 3. The fourth-order valence-electron chi connectivity index (χ4n) is 3.91. The third kappa shape index (κ3) is 2.25. The van der Waals surface area contributed by atoms with Crippen molar-refractivity contribution in [2.45, 2.75) is 63.1 Å². The molecule has 2 saturated heterocycles. The molecule has 1 saturated carbocycles. The summed E-state index contributed by atoms with van der Waals surface area (Å²) in [5.74, 6) is 0. The van der Waals surface area contributed by atoms with Gasteiger partial charge >= 0.3 is 0 Å². The zero-order valence-electron chi connectivity index (χ0n) is 10.6. The lowest BCUT2D eigenvalue weighted by Gasteiger charge is -2.30. The van der Waals surface area contributed by atoms with Crippen LogP contribution in [0.5, 0.6) is 0 Å². The van der Waals surface area contributed by atoms with Gasteiger partial charge in [0.1, 0.15) is 0 Å². The van der Waals surface area contributed by atoms with Crippen LogP contribution in [0.2, 0.25) is 0 Å². The van der Waals surface area contributed by atoms with Crippen LogP contribution in [0.25, 0.3) is 0 Å². The second kappa shape index (κ2) is 4.52. The van der Waals surface area contributed by atoms with Crippen molar-refractivity contribution >= 4 is 0 Å². The Morgan fingerprint density at radius 3 is 2.59 bits per heavy atom. The van der Waals surface area contributed by atoms with Crippen molar-refractivity contribution in [2.24, 2.45) is 5.41 Å². The van der Waals surface area contributed by atoms with E-state index in [2.05, 4.69) is 0 Å². The molecule has 3 rings (SSSR count). The van der Waals surface area contributed by atoms with Gasteiger partial charge in [0.15, 0.2) is 0 Å². The largest absolute Gasteiger partial charge is 0.396 e. The number of hydrogen-bond acceptors (Lipinski definition) is 3. The highest BCUT2D eigenvalue weighted by atomic mass is 16.5. The molecule has 1 aliphatic carbocycles. The van der Waals surface area contributed by atoms with Gasteiger partial charge in [0.05, 0.1) is 24.9 Å². The van der Waals surface area contributed by atoms with E-state index in [9.17, 15) is 5.11 Å². The van der Waals surface area contributed by atoms with E-state index in [4.69, 9.17) is 9.47 Å². The SMILES string of the molecule is OCC1(CC2CCC3(CCCC3)O2)CCOC1. The Balaban J connectivity index is 1.59. The zero-order valence-corrected chi connectivity index (χ0v) is 10.6. The van der Waals surface area contributed by atoms with Gasteiger partial charge in [-0.05, 0) is 38.5 Å². The molecule has 3 heteroatoms. The smallest absolute Gasteiger partial charge is 0.0687 e. The van der Waals surface area contributed by atoms with Crippen LogP contribution in [0.3, 0.4) is 0 Å². The van der Waals surface area contributed by atoms with Gasteiger partial charge in [-0.2, -0.15) is 0 Å². The molecule has 3 nitrogen and oxygen atoms in total. The standard InChI is InChI=1S/C14H24O3/c15-10-13(7-8-16-11-13)9-12-3-6-14(17-12)4-1-2-5-14/h12,15H,1-11H2. The lowest BCUT2D eigenvalue weighted by Crippen LogP contribution is -2.32. The van der Waals surface area contributed by atoms with Gasteiger partial charge in [-0.15, -0.1) is 0 Å². The summed E-state index contributed by atoms with van der Waals surface area (Å²) >= 11 is 0. The highest BCUT2D eigenvalue weighted by molar-refractivity contribution is 4.95. The molecular weight excluding hydrogens is 216 g/mol. The second-order valence-electron chi connectivity index (χ2n) is 6.33. The maximum absolute atomic E-state index is 9.60. The first kappa shape index (κ1) is 11.9. The summed E-state index contributed by atoms with van der Waals surface area (Å²) in [5.41, 5.74) is 0.218. The van der Waals surface area contributed by atoms with Crippen LogP contribution in [0, 0.1) is 5.41 Å². The summed E-state index contributed by atoms with van der Waals surface area (Å²) in [6, 6.07) is 0. The lowest BCUT2D eigenvalue weighted by atomic mass is 9.82. The Kier molecular flexibility index (Phi) is 3.18. The molecule has 2 unspecified atom stereocenters. The van der Waals surface area contributed by atoms with Gasteiger partial charge in [-0.25, -0.2) is 0 Å². The molecule has 2 heterocycles. The molecule has 1 N–H and O–H groups in total. The Bertz CT molecular complexity index is 265. The second-order valence-corrected chi connectivity index (χ2v) is 6.33. The van der Waals surface area contributed by atoms with E-state index in [0.29, 0.717) is 6.10 Å². The van der Waals surface area contributed by atoms with Crippen LogP contribution in [-0.2, 0) is 9.47 Å². The molecule has 3 aliphatic rings. The molecule has 17 heavy (non-hydrogen) atoms. The van der Waals surface area contributed by atoms with E-state index in [1.54, 1.807) is 0 Å². The number of aliphatic hydroxyl groups is 1. The van der Waals surface area contributed by atoms with Crippen molar-refractivity contribution in [3.63, 3.8) is 0 Å². The van der Waals surface area contributed by atoms with Crippen molar-refractivity contribution in [3.8, 4) is 0 Å². The molecule has 0 aromatic heterocycles. The highest BCUT2D eigenvalue weighted by Gasteiger charge is 2.45. The molecular formula is C14H24O3. The normalized spacial score (nSPS) is 40.4. The van der Waals surface area contributed by atoms with Gasteiger partial charge in [0.2, 0.25) is 0 Å².